The van der Waals surface area contributed by atoms with E-state index in [4.69, 9.17) is 16.9 Å². The van der Waals surface area contributed by atoms with Gasteiger partial charge in [-0.3, -0.25) is 4.79 Å². The molecular formula is C18H11ClF3N5O4S. The largest absolute Gasteiger partial charge is 0.573 e. The molecule has 32 heavy (non-hydrogen) atoms. The first-order chi connectivity index (χ1) is 14.9. The molecule has 0 saturated carbocycles. The lowest BCUT2D eigenvalue weighted by Gasteiger charge is -2.10. The van der Waals surface area contributed by atoms with Gasteiger partial charge in [0.1, 0.15) is 5.75 Å². The van der Waals surface area contributed by atoms with E-state index in [1.54, 1.807) is 4.72 Å². The number of ether oxygens (including phenoxy) is 1. The molecule has 0 unspecified atom stereocenters. The number of benzene rings is 2. The highest BCUT2D eigenvalue weighted by atomic mass is 35.5. The summed E-state index contributed by atoms with van der Waals surface area (Å²) in [4.78, 5) is 12.0. The minimum Gasteiger partial charge on any atom is -0.406 e. The van der Waals surface area contributed by atoms with Gasteiger partial charge in [-0.2, -0.15) is 5.26 Å². The maximum atomic E-state index is 12.5. The van der Waals surface area contributed by atoms with Crippen LogP contribution in [0.15, 0.2) is 47.4 Å². The molecule has 0 aliphatic heterocycles. The SMILES string of the molecule is Cc1c(C(=O)NS(=O)(=O)c2ccc(OC(F)(F)F)cc2)nnn1-c1ccc(C#N)cc1Cl. The number of nitrogens with one attached hydrogen (secondary N) is 1. The fraction of sp³-hybridized carbons (Fsp3) is 0.111. The summed E-state index contributed by atoms with van der Waals surface area (Å²) in [5.74, 6) is -1.74. The Bertz CT molecular complexity index is 1330. The van der Waals surface area contributed by atoms with E-state index >= 15 is 0 Å². The number of alkyl halides is 3. The molecule has 0 bridgehead atoms. The predicted octanol–water partition coefficient (Wildman–Crippen LogP) is 3.12. The third kappa shape index (κ3) is 4.98. The molecule has 0 radical (unpaired) electrons. The van der Waals surface area contributed by atoms with Gasteiger partial charge in [-0.05, 0) is 49.4 Å². The molecule has 1 aromatic heterocycles. The third-order valence-corrected chi connectivity index (χ3v) is 5.66. The van der Waals surface area contributed by atoms with Crippen LogP contribution in [0.3, 0.4) is 0 Å². The van der Waals surface area contributed by atoms with Gasteiger partial charge in [0, 0.05) is 0 Å². The van der Waals surface area contributed by atoms with Gasteiger partial charge in [-0.15, -0.1) is 18.3 Å². The van der Waals surface area contributed by atoms with Crippen LogP contribution in [-0.4, -0.2) is 35.7 Å². The van der Waals surface area contributed by atoms with Crippen LogP contribution < -0.4 is 9.46 Å². The normalized spacial score (nSPS) is 11.6. The summed E-state index contributed by atoms with van der Waals surface area (Å²) in [6.07, 6.45) is -4.93. The smallest absolute Gasteiger partial charge is 0.406 e. The molecule has 1 heterocycles. The van der Waals surface area contributed by atoms with Crippen LogP contribution in [-0.2, 0) is 10.0 Å². The predicted molar refractivity (Wildman–Crippen MR) is 104 cm³/mol. The number of amides is 1. The molecule has 0 saturated heterocycles. The Labute approximate surface area is 184 Å². The Kier molecular flexibility index (Phi) is 6.11. The van der Waals surface area contributed by atoms with E-state index in [0.717, 1.165) is 24.3 Å². The van der Waals surface area contributed by atoms with E-state index in [-0.39, 0.29) is 16.4 Å². The Morgan fingerprint density at radius 3 is 2.44 bits per heavy atom. The van der Waals surface area contributed by atoms with Gasteiger partial charge < -0.3 is 4.74 Å². The molecule has 1 amide bonds. The number of nitriles is 1. The molecule has 0 spiro atoms. The van der Waals surface area contributed by atoms with E-state index in [1.165, 1.54) is 29.8 Å². The highest BCUT2D eigenvalue weighted by Gasteiger charge is 2.31. The maximum absolute atomic E-state index is 12.5. The van der Waals surface area contributed by atoms with Crippen LogP contribution in [0.5, 0.6) is 5.75 Å². The highest BCUT2D eigenvalue weighted by Crippen LogP contribution is 2.25. The molecule has 3 rings (SSSR count). The number of nitrogens with zero attached hydrogens (tertiary/aromatic N) is 4. The van der Waals surface area contributed by atoms with Crippen LogP contribution in [0.4, 0.5) is 13.2 Å². The summed E-state index contributed by atoms with van der Waals surface area (Å²) in [6, 6.07) is 9.52. The van der Waals surface area contributed by atoms with Crippen molar-refractivity contribution in [3.8, 4) is 17.5 Å². The van der Waals surface area contributed by atoms with Gasteiger partial charge in [0.15, 0.2) is 5.69 Å². The molecule has 1 N–H and O–H groups in total. The minimum absolute atomic E-state index is 0.151. The first kappa shape index (κ1) is 23.0. The molecular weight excluding hydrogens is 475 g/mol. The molecule has 0 fully saturated rings. The molecule has 0 aliphatic rings. The van der Waals surface area contributed by atoms with Gasteiger partial charge in [0.05, 0.1) is 32.9 Å². The van der Waals surface area contributed by atoms with Crippen molar-refractivity contribution >= 4 is 27.5 Å². The second-order valence-electron chi connectivity index (χ2n) is 6.17. The first-order valence-electron chi connectivity index (χ1n) is 8.46. The fourth-order valence-electron chi connectivity index (χ4n) is 2.57. The molecule has 3 aromatic rings. The van der Waals surface area contributed by atoms with E-state index in [1.807, 2.05) is 6.07 Å². The van der Waals surface area contributed by atoms with E-state index in [2.05, 4.69) is 15.0 Å². The van der Waals surface area contributed by atoms with Gasteiger partial charge in [-0.25, -0.2) is 17.8 Å². The standard InChI is InChI=1S/C18H11ClF3N5O4S/c1-10-16(24-26-27(10)15-7-2-11(9-23)8-14(15)19)17(28)25-32(29,30)13-5-3-12(4-6-13)31-18(20,21)22/h2-8H,1H3,(H,25,28). The van der Waals surface area contributed by atoms with Gasteiger partial charge in [0.25, 0.3) is 15.9 Å². The van der Waals surface area contributed by atoms with Crippen molar-refractivity contribution < 1.29 is 31.1 Å². The van der Waals surface area contributed by atoms with Crippen LogP contribution in [0.2, 0.25) is 5.02 Å². The van der Waals surface area contributed by atoms with Crippen molar-refractivity contribution in [3.05, 3.63) is 64.4 Å². The zero-order valence-electron chi connectivity index (χ0n) is 15.9. The summed E-state index contributed by atoms with van der Waals surface area (Å²) in [5.41, 5.74) is 0.425. The second kappa shape index (κ2) is 8.48. The van der Waals surface area contributed by atoms with Crippen molar-refractivity contribution in [2.45, 2.75) is 18.2 Å². The maximum Gasteiger partial charge on any atom is 0.573 e. The minimum atomic E-state index is -4.93. The second-order valence-corrected chi connectivity index (χ2v) is 8.26. The summed E-state index contributed by atoms with van der Waals surface area (Å²) in [7, 11) is -4.43. The van der Waals surface area contributed by atoms with Crippen molar-refractivity contribution in [2.75, 3.05) is 0 Å². The summed E-state index contributed by atoms with van der Waals surface area (Å²) >= 11 is 6.13. The molecule has 2 aromatic carbocycles. The lowest BCUT2D eigenvalue weighted by atomic mass is 10.2. The number of rotatable bonds is 5. The number of aromatic nitrogens is 3. The summed E-state index contributed by atoms with van der Waals surface area (Å²) in [6.45, 7) is 1.44. The van der Waals surface area contributed by atoms with E-state index < -0.39 is 32.9 Å². The molecule has 0 aliphatic carbocycles. The molecule has 0 atom stereocenters. The number of hydrogen-bond acceptors (Lipinski definition) is 7. The fourth-order valence-corrected chi connectivity index (χ4v) is 3.78. The Morgan fingerprint density at radius 2 is 1.88 bits per heavy atom. The number of carbonyl (C=O) groups is 1. The average Bonchev–Trinajstić information content (AvgIpc) is 3.08. The Hall–Kier alpha value is -3.63. The van der Waals surface area contributed by atoms with E-state index in [9.17, 15) is 26.4 Å². The van der Waals surface area contributed by atoms with Gasteiger partial charge in [0.2, 0.25) is 0 Å². The van der Waals surface area contributed by atoms with Crippen molar-refractivity contribution in [1.29, 1.82) is 5.26 Å². The summed E-state index contributed by atoms with van der Waals surface area (Å²) in [5, 5.41) is 16.5. The van der Waals surface area contributed by atoms with Gasteiger partial charge >= 0.3 is 6.36 Å². The van der Waals surface area contributed by atoms with Crippen LogP contribution in [0, 0.1) is 18.3 Å². The molecule has 9 nitrogen and oxygen atoms in total. The van der Waals surface area contributed by atoms with Crippen molar-refractivity contribution in [1.82, 2.24) is 19.7 Å². The molecule has 166 valence electrons. The zero-order chi connectivity index (χ0) is 23.7. The first-order valence-corrected chi connectivity index (χ1v) is 10.3. The lowest BCUT2D eigenvalue weighted by Crippen LogP contribution is -2.31. The monoisotopic (exact) mass is 485 g/mol. The topological polar surface area (TPSA) is 127 Å². The zero-order valence-corrected chi connectivity index (χ0v) is 17.5. The third-order valence-electron chi connectivity index (χ3n) is 4.01. The Balaban J connectivity index is 1.82. The summed E-state index contributed by atoms with van der Waals surface area (Å²) < 4.78 is 68.2. The number of hydrogen-bond donors (Lipinski definition) is 1. The van der Waals surface area contributed by atoms with Crippen LogP contribution >= 0.6 is 11.6 Å². The lowest BCUT2D eigenvalue weighted by molar-refractivity contribution is -0.274. The highest BCUT2D eigenvalue weighted by molar-refractivity contribution is 7.90. The average molecular weight is 486 g/mol. The Morgan fingerprint density at radius 1 is 1.22 bits per heavy atom. The number of carbonyl (C=O) groups excluding carboxylic acids is 1. The van der Waals surface area contributed by atoms with Crippen molar-refractivity contribution in [3.63, 3.8) is 0 Å². The van der Waals surface area contributed by atoms with Gasteiger partial charge in [-0.1, -0.05) is 16.8 Å². The van der Waals surface area contributed by atoms with Crippen molar-refractivity contribution in [2.24, 2.45) is 0 Å². The number of halogens is 4. The molecule has 14 heteroatoms. The number of sulfonamides is 1. The van der Waals surface area contributed by atoms with Crippen LogP contribution in [0.1, 0.15) is 21.7 Å². The quantitative estimate of drug-likeness (QED) is 0.588. The van der Waals surface area contributed by atoms with E-state index in [0.29, 0.717) is 11.3 Å². The van der Waals surface area contributed by atoms with Crippen LogP contribution in [0.25, 0.3) is 5.69 Å².